The number of nitrogens with zero attached hydrogens (tertiary/aromatic N) is 1. The number of nitrogens with one attached hydrogen (secondary N) is 3. The number of rotatable bonds is 6. The van der Waals surface area contributed by atoms with Crippen LogP contribution in [0.4, 0.5) is 0 Å². The molecule has 1 aliphatic rings. The maximum absolute atomic E-state index is 12.1. The summed E-state index contributed by atoms with van der Waals surface area (Å²) in [6.45, 7) is 4.98. The molecule has 1 saturated carbocycles. The van der Waals surface area contributed by atoms with Gasteiger partial charge >= 0.3 is 0 Å². The average Bonchev–Trinajstić information content (AvgIpc) is 3.02. The van der Waals surface area contributed by atoms with Crippen molar-refractivity contribution in [3.05, 3.63) is 35.5 Å². The van der Waals surface area contributed by atoms with Crippen LogP contribution in [0.2, 0.25) is 0 Å². The molecule has 27 heavy (non-hydrogen) atoms. The number of para-hydroxylation sites is 1. The van der Waals surface area contributed by atoms with Gasteiger partial charge in [0.2, 0.25) is 0 Å². The number of H-pyrrole nitrogens is 1. The summed E-state index contributed by atoms with van der Waals surface area (Å²) < 4.78 is 12.1. The van der Waals surface area contributed by atoms with Crippen molar-refractivity contribution in [1.29, 1.82) is 0 Å². The fourth-order valence-electron chi connectivity index (χ4n) is 4.10. The molecule has 1 aromatic carbocycles. The highest BCUT2D eigenvalue weighted by Crippen LogP contribution is 2.23. The molecule has 0 saturated heterocycles. The highest BCUT2D eigenvalue weighted by atomic mass is 32.2. The first-order valence-corrected chi connectivity index (χ1v) is 11.4. The van der Waals surface area contributed by atoms with E-state index in [0.717, 1.165) is 50.4 Å². The molecule has 0 spiro atoms. The third kappa shape index (κ3) is 4.92. The molecule has 0 amide bonds. The number of benzene rings is 1. The van der Waals surface area contributed by atoms with Gasteiger partial charge in [-0.25, -0.2) is 0 Å². The van der Waals surface area contributed by atoms with Gasteiger partial charge < -0.3 is 15.6 Å². The summed E-state index contributed by atoms with van der Waals surface area (Å²) in [4.78, 5) is 7.85. The second kappa shape index (κ2) is 9.40. The van der Waals surface area contributed by atoms with Crippen LogP contribution >= 0.6 is 0 Å². The highest BCUT2D eigenvalue weighted by molar-refractivity contribution is 7.85. The first-order valence-electron chi connectivity index (χ1n) is 10.0. The summed E-state index contributed by atoms with van der Waals surface area (Å²) in [5.41, 5.74) is 3.80. The van der Waals surface area contributed by atoms with E-state index in [9.17, 15) is 4.21 Å². The lowest BCUT2D eigenvalue weighted by molar-refractivity contribution is 0.413. The largest absolute Gasteiger partial charge is 0.358 e. The molecule has 1 aromatic heterocycles. The number of aromatic amines is 1. The maximum atomic E-state index is 12.1. The summed E-state index contributed by atoms with van der Waals surface area (Å²) in [6, 6.07) is 8.82. The number of aryl methyl sites for hydroxylation is 1. The van der Waals surface area contributed by atoms with E-state index in [1.807, 2.05) is 14.0 Å². The van der Waals surface area contributed by atoms with Gasteiger partial charge in [0.25, 0.3) is 0 Å². The predicted octanol–water partition coefficient (Wildman–Crippen LogP) is 3.26. The van der Waals surface area contributed by atoms with Gasteiger partial charge in [0, 0.05) is 58.0 Å². The fraction of sp³-hybridized carbons (Fsp3) is 0.571. The molecule has 2 aromatic rings. The van der Waals surface area contributed by atoms with Crippen LogP contribution in [0.15, 0.2) is 29.3 Å². The molecular formula is C21H32N4OS. The summed E-state index contributed by atoms with van der Waals surface area (Å²) in [5.74, 6) is 1.61. The zero-order valence-electron chi connectivity index (χ0n) is 16.7. The van der Waals surface area contributed by atoms with Crippen LogP contribution in [0.3, 0.4) is 0 Å². The van der Waals surface area contributed by atoms with Crippen molar-refractivity contribution >= 4 is 27.7 Å². The normalized spacial score (nSPS) is 22.0. The van der Waals surface area contributed by atoms with Crippen molar-refractivity contribution in [3.63, 3.8) is 0 Å². The van der Waals surface area contributed by atoms with Gasteiger partial charge in [0.15, 0.2) is 5.96 Å². The lowest BCUT2D eigenvalue weighted by Crippen LogP contribution is -2.47. The minimum atomic E-state index is -0.696. The topological polar surface area (TPSA) is 69.3 Å². The number of aromatic nitrogens is 1. The Bertz CT molecular complexity index is 814. The van der Waals surface area contributed by atoms with Gasteiger partial charge in [-0.3, -0.25) is 9.20 Å². The van der Waals surface area contributed by atoms with Crippen LogP contribution in [0.25, 0.3) is 10.9 Å². The molecule has 0 radical (unpaired) electrons. The number of aliphatic imine (C=N–C) groups is 1. The molecule has 3 N–H and O–H groups in total. The Morgan fingerprint density at radius 3 is 2.93 bits per heavy atom. The van der Waals surface area contributed by atoms with Crippen molar-refractivity contribution in [2.75, 3.05) is 19.3 Å². The van der Waals surface area contributed by atoms with E-state index in [1.165, 1.54) is 22.2 Å². The van der Waals surface area contributed by atoms with Gasteiger partial charge in [-0.15, -0.1) is 0 Å². The summed E-state index contributed by atoms with van der Waals surface area (Å²) in [7, 11) is 1.12. The van der Waals surface area contributed by atoms with E-state index in [0.29, 0.717) is 11.3 Å². The molecule has 0 bridgehead atoms. The second-order valence-electron chi connectivity index (χ2n) is 7.32. The molecule has 6 heteroatoms. The minimum Gasteiger partial charge on any atom is -0.358 e. The Morgan fingerprint density at radius 1 is 1.33 bits per heavy atom. The molecular weight excluding hydrogens is 356 g/mol. The van der Waals surface area contributed by atoms with Crippen LogP contribution in [-0.2, 0) is 17.2 Å². The number of hydrogen-bond donors (Lipinski definition) is 3. The maximum Gasteiger partial charge on any atom is 0.191 e. The van der Waals surface area contributed by atoms with Crippen LogP contribution in [0.5, 0.6) is 0 Å². The smallest absolute Gasteiger partial charge is 0.191 e. The van der Waals surface area contributed by atoms with E-state index in [4.69, 9.17) is 0 Å². The van der Waals surface area contributed by atoms with E-state index in [-0.39, 0.29) is 0 Å². The first kappa shape index (κ1) is 19.9. The van der Waals surface area contributed by atoms with Crippen LogP contribution < -0.4 is 10.6 Å². The van der Waals surface area contributed by atoms with Gasteiger partial charge in [0.1, 0.15) is 0 Å². The monoisotopic (exact) mass is 388 g/mol. The van der Waals surface area contributed by atoms with Gasteiger partial charge in [-0.2, -0.15) is 0 Å². The fourth-order valence-corrected chi connectivity index (χ4v) is 5.45. The SMILES string of the molecule is CCS(=O)C1CCCC(NC(=NC)NCCc2c(C)[nH]c3ccccc23)C1. The first-order chi connectivity index (χ1) is 13.1. The third-order valence-corrected chi connectivity index (χ3v) is 7.28. The van der Waals surface area contributed by atoms with E-state index in [2.05, 4.69) is 51.8 Å². The van der Waals surface area contributed by atoms with Crippen LogP contribution in [-0.4, -0.2) is 45.8 Å². The Hall–Kier alpha value is -1.82. The van der Waals surface area contributed by atoms with Crippen molar-refractivity contribution in [1.82, 2.24) is 15.6 Å². The lowest BCUT2D eigenvalue weighted by Gasteiger charge is -2.30. The van der Waals surface area contributed by atoms with E-state index in [1.54, 1.807) is 0 Å². The summed E-state index contributed by atoms with van der Waals surface area (Å²) >= 11 is 0. The van der Waals surface area contributed by atoms with Crippen molar-refractivity contribution < 1.29 is 4.21 Å². The molecule has 3 atom stereocenters. The minimum absolute atomic E-state index is 0.327. The Kier molecular flexibility index (Phi) is 6.94. The Labute approximate surface area is 164 Å². The van der Waals surface area contributed by atoms with Gasteiger partial charge in [0.05, 0.1) is 0 Å². The second-order valence-corrected chi connectivity index (χ2v) is 9.33. The van der Waals surface area contributed by atoms with E-state index < -0.39 is 10.8 Å². The zero-order chi connectivity index (χ0) is 19.2. The summed E-state index contributed by atoms with van der Waals surface area (Å²) in [6.07, 6.45) is 5.27. The number of fused-ring (bicyclic) bond motifs is 1. The van der Waals surface area contributed by atoms with Gasteiger partial charge in [-0.05, 0) is 44.2 Å². The van der Waals surface area contributed by atoms with E-state index >= 15 is 0 Å². The van der Waals surface area contributed by atoms with Gasteiger partial charge in [-0.1, -0.05) is 31.5 Å². The Morgan fingerprint density at radius 2 is 2.15 bits per heavy atom. The molecule has 3 unspecified atom stereocenters. The third-order valence-electron chi connectivity index (χ3n) is 5.54. The standard InChI is InChI=1S/C21H32N4OS/c1-4-27(26)17-9-7-8-16(14-17)25-21(22-3)23-13-12-18-15(2)24-20-11-6-5-10-19(18)20/h5-6,10-11,16-17,24H,4,7-9,12-14H2,1-3H3,(H2,22,23,25). The van der Waals surface area contributed by atoms with Crippen molar-refractivity contribution in [2.24, 2.45) is 4.99 Å². The summed E-state index contributed by atoms with van der Waals surface area (Å²) in [5, 5.41) is 8.63. The Balaban J connectivity index is 1.53. The van der Waals surface area contributed by atoms with Crippen LogP contribution in [0, 0.1) is 6.92 Å². The highest BCUT2D eigenvalue weighted by Gasteiger charge is 2.26. The molecule has 3 rings (SSSR count). The van der Waals surface area contributed by atoms with Crippen LogP contribution in [0.1, 0.15) is 43.9 Å². The molecule has 1 fully saturated rings. The number of guanidine groups is 1. The molecule has 0 aliphatic heterocycles. The number of hydrogen-bond acceptors (Lipinski definition) is 2. The van der Waals surface area contributed by atoms with Crippen molar-refractivity contribution in [2.45, 2.75) is 57.2 Å². The molecule has 1 heterocycles. The quantitative estimate of drug-likeness (QED) is 0.525. The molecule has 1 aliphatic carbocycles. The predicted molar refractivity (Wildman–Crippen MR) is 116 cm³/mol. The zero-order valence-corrected chi connectivity index (χ0v) is 17.5. The average molecular weight is 389 g/mol. The molecule has 148 valence electrons. The van der Waals surface area contributed by atoms with Crippen molar-refractivity contribution in [3.8, 4) is 0 Å². The lowest BCUT2D eigenvalue weighted by atomic mass is 9.95. The molecule has 5 nitrogen and oxygen atoms in total.